The van der Waals surface area contributed by atoms with Gasteiger partial charge in [0.15, 0.2) is 5.82 Å². The zero-order chi connectivity index (χ0) is 18.1. The maximum absolute atomic E-state index is 12.4. The summed E-state index contributed by atoms with van der Waals surface area (Å²) in [4.78, 5) is 13.5. The van der Waals surface area contributed by atoms with Crippen LogP contribution in [0.2, 0.25) is 0 Å². The highest BCUT2D eigenvalue weighted by atomic mass is 19.1. The van der Waals surface area contributed by atoms with Crippen molar-refractivity contribution in [2.24, 2.45) is 0 Å². The number of benzene rings is 2. The quantitative estimate of drug-likeness (QED) is 0.706. The number of halogens is 1. The summed E-state index contributed by atoms with van der Waals surface area (Å²) in [5, 5.41) is 8.30. The maximum atomic E-state index is 12.4. The fraction of sp³-hybridized carbons (Fsp3) is 0.0526. The Balaban J connectivity index is 0.000000196. The number of carboxylic acids is 1. The summed E-state index contributed by atoms with van der Waals surface area (Å²) in [6.45, 7) is 0.551. The van der Waals surface area contributed by atoms with Gasteiger partial charge in [-0.15, -0.1) is 0 Å². The van der Waals surface area contributed by atoms with Gasteiger partial charge in [0.1, 0.15) is 12.4 Å². The number of carboxylic acid groups (broad SMARTS) is 1. The number of hydrogen-bond donors (Lipinski definition) is 2. The summed E-state index contributed by atoms with van der Waals surface area (Å²) >= 11 is 0. The van der Waals surface area contributed by atoms with Crippen LogP contribution in [0.3, 0.4) is 0 Å². The number of nitrogen functional groups attached to an aromatic ring is 1. The molecule has 0 radical (unpaired) electrons. The molecule has 1 heterocycles. The minimum Gasteiger partial charge on any atom is -0.487 e. The van der Waals surface area contributed by atoms with Gasteiger partial charge in [0.05, 0.1) is 17.4 Å². The highest BCUT2D eigenvalue weighted by Gasteiger charge is 2.07. The summed E-state index contributed by atoms with van der Waals surface area (Å²) < 4.78 is 18.0. The first-order valence-corrected chi connectivity index (χ1v) is 7.42. The standard InChI is InChI=1S/C13H13NO.C6H4FNO2/c14-12-8-4-5-9-13(12)15-10-11-6-2-1-3-7-11;7-5-3-8-2-1-4(5)6(9)10/h1-9H,10,14H2;1-3H,(H,9,10). The molecule has 0 amide bonds. The fourth-order valence-electron chi connectivity index (χ4n) is 1.90. The number of hydrogen-bond acceptors (Lipinski definition) is 4. The third kappa shape index (κ3) is 5.62. The van der Waals surface area contributed by atoms with E-state index in [9.17, 15) is 9.18 Å². The lowest BCUT2D eigenvalue weighted by molar-refractivity contribution is 0.0691. The Labute approximate surface area is 144 Å². The predicted octanol–water partition coefficient (Wildman–Crippen LogP) is 3.77. The molecular weight excluding hydrogens is 323 g/mol. The van der Waals surface area contributed by atoms with Crippen LogP contribution in [0, 0.1) is 5.82 Å². The molecule has 0 saturated heterocycles. The Kier molecular flexibility index (Phi) is 6.47. The summed E-state index contributed by atoms with van der Waals surface area (Å²) in [6, 6.07) is 18.6. The number of nitrogens with zero attached hydrogens (tertiary/aromatic N) is 1. The van der Waals surface area contributed by atoms with Crippen molar-refractivity contribution in [3.8, 4) is 5.75 Å². The number of nitrogens with two attached hydrogens (primary N) is 1. The monoisotopic (exact) mass is 340 g/mol. The molecule has 0 fully saturated rings. The van der Waals surface area contributed by atoms with Crippen molar-refractivity contribution in [3.05, 3.63) is 90.0 Å². The van der Waals surface area contributed by atoms with Gasteiger partial charge in [-0.25, -0.2) is 9.18 Å². The molecule has 5 nitrogen and oxygen atoms in total. The van der Waals surface area contributed by atoms with E-state index >= 15 is 0 Å². The minimum atomic E-state index is -1.28. The first-order chi connectivity index (χ1) is 12.1. The van der Waals surface area contributed by atoms with E-state index in [1.807, 2.05) is 54.6 Å². The minimum absolute atomic E-state index is 0.352. The van der Waals surface area contributed by atoms with Gasteiger partial charge in [-0.05, 0) is 23.8 Å². The van der Waals surface area contributed by atoms with Crippen molar-refractivity contribution in [1.29, 1.82) is 0 Å². The molecule has 0 atom stereocenters. The van der Waals surface area contributed by atoms with Crippen LogP contribution in [0.1, 0.15) is 15.9 Å². The first kappa shape index (κ1) is 17.9. The molecule has 0 saturated carbocycles. The Morgan fingerprint density at radius 2 is 1.76 bits per heavy atom. The third-order valence-corrected chi connectivity index (χ3v) is 3.16. The molecular formula is C19H17FN2O3. The van der Waals surface area contributed by atoms with E-state index in [1.165, 1.54) is 6.20 Å². The molecule has 3 aromatic rings. The van der Waals surface area contributed by atoms with Crippen molar-refractivity contribution >= 4 is 11.7 Å². The maximum Gasteiger partial charge on any atom is 0.338 e. The molecule has 0 spiro atoms. The molecule has 1 aromatic heterocycles. The molecule has 0 unspecified atom stereocenters. The topological polar surface area (TPSA) is 85.4 Å². The number of rotatable bonds is 4. The number of pyridine rings is 1. The average Bonchev–Trinajstić information content (AvgIpc) is 2.63. The van der Waals surface area contributed by atoms with Crippen molar-refractivity contribution in [1.82, 2.24) is 4.98 Å². The smallest absolute Gasteiger partial charge is 0.338 e. The van der Waals surface area contributed by atoms with Gasteiger partial charge in [-0.1, -0.05) is 42.5 Å². The highest BCUT2D eigenvalue weighted by molar-refractivity contribution is 5.87. The first-order valence-electron chi connectivity index (χ1n) is 7.42. The zero-order valence-corrected chi connectivity index (χ0v) is 13.3. The van der Waals surface area contributed by atoms with E-state index in [1.54, 1.807) is 0 Å². The van der Waals surface area contributed by atoms with Crippen molar-refractivity contribution in [2.45, 2.75) is 6.61 Å². The van der Waals surface area contributed by atoms with Crippen LogP contribution in [-0.2, 0) is 6.61 Å². The van der Waals surface area contributed by atoms with Crippen LogP contribution in [0.5, 0.6) is 5.75 Å². The van der Waals surface area contributed by atoms with E-state index in [2.05, 4.69) is 4.98 Å². The summed E-state index contributed by atoms with van der Waals surface area (Å²) in [5.74, 6) is -1.35. The second-order valence-electron chi connectivity index (χ2n) is 4.97. The fourth-order valence-corrected chi connectivity index (χ4v) is 1.90. The average molecular weight is 340 g/mol. The van der Waals surface area contributed by atoms with Gasteiger partial charge < -0.3 is 15.6 Å². The predicted molar refractivity (Wildman–Crippen MR) is 92.8 cm³/mol. The largest absolute Gasteiger partial charge is 0.487 e. The van der Waals surface area contributed by atoms with E-state index in [-0.39, 0.29) is 5.56 Å². The van der Waals surface area contributed by atoms with Gasteiger partial charge in [0, 0.05) is 6.20 Å². The zero-order valence-electron chi connectivity index (χ0n) is 13.3. The third-order valence-electron chi connectivity index (χ3n) is 3.16. The van der Waals surface area contributed by atoms with Crippen molar-refractivity contribution in [2.75, 3.05) is 5.73 Å². The Morgan fingerprint density at radius 3 is 2.36 bits per heavy atom. The summed E-state index contributed by atoms with van der Waals surface area (Å²) in [7, 11) is 0. The van der Waals surface area contributed by atoms with Crippen LogP contribution in [-0.4, -0.2) is 16.1 Å². The van der Waals surface area contributed by atoms with E-state index in [4.69, 9.17) is 15.6 Å². The Morgan fingerprint density at radius 1 is 1.08 bits per heavy atom. The second-order valence-corrected chi connectivity index (χ2v) is 4.97. The van der Waals surface area contributed by atoms with Gasteiger partial charge >= 0.3 is 5.97 Å². The van der Waals surface area contributed by atoms with Gasteiger partial charge in [0.2, 0.25) is 0 Å². The van der Waals surface area contributed by atoms with Crippen LogP contribution >= 0.6 is 0 Å². The normalized spacial score (nSPS) is 9.64. The number of para-hydroxylation sites is 2. The molecule has 3 rings (SSSR count). The Bertz CT molecular complexity index is 826. The molecule has 3 N–H and O–H groups in total. The van der Waals surface area contributed by atoms with Crippen LogP contribution in [0.4, 0.5) is 10.1 Å². The van der Waals surface area contributed by atoms with E-state index in [0.29, 0.717) is 12.3 Å². The van der Waals surface area contributed by atoms with Crippen molar-refractivity contribution < 1.29 is 19.0 Å². The molecule has 0 aliphatic rings. The van der Waals surface area contributed by atoms with Gasteiger partial charge in [0.25, 0.3) is 0 Å². The molecule has 2 aromatic carbocycles. The number of carbonyl (C=O) groups is 1. The van der Waals surface area contributed by atoms with E-state index in [0.717, 1.165) is 23.6 Å². The summed E-state index contributed by atoms with van der Waals surface area (Å²) in [6.07, 6.45) is 2.09. The SMILES string of the molecule is Nc1ccccc1OCc1ccccc1.O=C(O)c1ccncc1F. The number of aromatic nitrogens is 1. The molecule has 25 heavy (non-hydrogen) atoms. The summed E-state index contributed by atoms with van der Waals surface area (Å²) in [5.41, 5.74) is 7.22. The van der Waals surface area contributed by atoms with Crippen LogP contribution < -0.4 is 10.5 Å². The number of aromatic carboxylic acids is 1. The molecule has 128 valence electrons. The van der Waals surface area contributed by atoms with Crippen molar-refractivity contribution in [3.63, 3.8) is 0 Å². The number of anilines is 1. The lowest BCUT2D eigenvalue weighted by Crippen LogP contribution is -1.99. The second kappa shape index (κ2) is 9.02. The lowest BCUT2D eigenvalue weighted by atomic mass is 10.2. The van der Waals surface area contributed by atoms with E-state index < -0.39 is 11.8 Å². The molecule has 0 aliphatic carbocycles. The number of ether oxygens (including phenoxy) is 1. The Hall–Kier alpha value is -3.41. The molecule has 0 bridgehead atoms. The lowest BCUT2D eigenvalue weighted by Gasteiger charge is -2.08. The van der Waals surface area contributed by atoms with Crippen LogP contribution in [0.15, 0.2) is 73.1 Å². The highest BCUT2D eigenvalue weighted by Crippen LogP contribution is 2.20. The molecule has 0 aliphatic heterocycles. The van der Waals surface area contributed by atoms with Crippen LogP contribution in [0.25, 0.3) is 0 Å². The van der Waals surface area contributed by atoms with Gasteiger partial charge in [-0.3, -0.25) is 4.98 Å². The van der Waals surface area contributed by atoms with Gasteiger partial charge in [-0.2, -0.15) is 0 Å². The molecule has 6 heteroatoms.